The van der Waals surface area contributed by atoms with Gasteiger partial charge in [-0.1, -0.05) is 42.0 Å². The largest absolute Gasteiger partial charge is 0.460 e. The maximum atomic E-state index is 14.3. The monoisotopic (exact) mass is 371 g/mol. The minimum atomic E-state index is -1.05. The number of amides is 1. The second-order valence-corrected chi connectivity index (χ2v) is 6.67. The van der Waals surface area contributed by atoms with Gasteiger partial charge in [-0.3, -0.25) is 9.59 Å². The van der Waals surface area contributed by atoms with Gasteiger partial charge in [0.2, 0.25) is 5.91 Å². The molecule has 1 heterocycles. The Morgan fingerprint density at radius 1 is 1.15 bits per heavy atom. The van der Waals surface area contributed by atoms with Gasteiger partial charge in [-0.2, -0.15) is 0 Å². The molecular weight excluding hydrogens is 352 g/mol. The Kier molecular flexibility index (Phi) is 5.44. The third-order valence-corrected chi connectivity index (χ3v) is 4.68. The molecule has 1 aliphatic heterocycles. The maximum Gasteiger partial charge on any atom is 0.315 e. The van der Waals surface area contributed by atoms with Crippen molar-refractivity contribution in [3.8, 4) is 0 Å². The molecule has 0 aromatic heterocycles. The van der Waals surface area contributed by atoms with Gasteiger partial charge in [-0.25, -0.2) is 13.8 Å². The van der Waals surface area contributed by atoms with Crippen molar-refractivity contribution in [2.45, 2.75) is 32.8 Å². The van der Waals surface area contributed by atoms with E-state index in [9.17, 15) is 18.4 Å². The Hall–Kier alpha value is -2.89. The smallest absolute Gasteiger partial charge is 0.315 e. The van der Waals surface area contributed by atoms with Gasteiger partial charge >= 0.3 is 5.97 Å². The van der Waals surface area contributed by atoms with Crippen LogP contribution in [0.2, 0.25) is 0 Å². The van der Waals surface area contributed by atoms with E-state index in [0.29, 0.717) is 0 Å². The number of carbonyl (C=O) groups is 2. The summed E-state index contributed by atoms with van der Waals surface area (Å²) in [7, 11) is 0. The summed E-state index contributed by atoms with van der Waals surface area (Å²) in [5.74, 6) is -4.95. The number of carbonyl (C=O) groups excluding carboxylic acids is 2. The van der Waals surface area contributed by atoms with Gasteiger partial charge in [0.25, 0.3) is 0 Å². The molecule has 0 bridgehead atoms. The SMILES string of the molecule is CC1=NC(=O)CC(c2cccc(F)c2F)C1C(=O)OCc1ccc(C)cc1. The van der Waals surface area contributed by atoms with Gasteiger partial charge in [0.05, 0.1) is 0 Å². The van der Waals surface area contributed by atoms with Crippen LogP contribution in [0.25, 0.3) is 0 Å². The average Bonchev–Trinajstić information content (AvgIpc) is 2.62. The Morgan fingerprint density at radius 2 is 1.85 bits per heavy atom. The first kappa shape index (κ1) is 18.9. The summed E-state index contributed by atoms with van der Waals surface area (Å²) in [5.41, 5.74) is 2.12. The first-order valence-electron chi connectivity index (χ1n) is 8.61. The molecular formula is C21H19F2NO3. The van der Waals surface area contributed by atoms with Gasteiger partial charge < -0.3 is 4.74 Å². The van der Waals surface area contributed by atoms with Crippen molar-refractivity contribution in [2.24, 2.45) is 10.9 Å². The van der Waals surface area contributed by atoms with Crippen LogP contribution in [-0.4, -0.2) is 17.6 Å². The predicted molar refractivity (Wildman–Crippen MR) is 96.3 cm³/mol. The second-order valence-electron chi connectivity index (χ2n) is 6.67. The molecule has 0 radical (unpaired) electrons. The summed E-state index contributed by atoms with van der Waals surface area (Å²) in [6, 6.07) is 11.2. The molecule has 1 amide bonds. The molecule has 2 aromatic rings. The lowest BCUT2D eigenvalue weighted by Crippen LogP contribution is -2.35. The zero-order chi connectivity index (χ0) is 19.6. The lowest BCUT2D eigenvalue weighted by molar-refractivity contribution is -0.148. The third kappa shape index (κ3) is 4.10. The zero-order valence-corrected chi connectivity index (χ0v) is 15.0. The van der Waals surface area contributed by atoms with E-state index in [-0.39, 0.29) is 24.3 Å². The highest BCUT2D eigenvalue weighted by atomic mass is 19.2. The van der Waals surface area contributed by atoms with Gasteiger partial charge in [0, 0.05) is 18.1 Å². The fourth-order valence-corrected chi connectivity index (χ4v) is 3.27. The molecule has 1 aliphatic rings. The lowest BCUT2D eigenvalue weighted by Gasteiger charge is -2.28. The van der Waals surface area contributed by atoms with E-state index < -0.39 is 35.3 Å². The third-order valence-electron chi connectivity index (χ3n) is 4.68. The highest BCUT2D eigenvalue weighted by Gasteiger charge is 2.39. The second kappa shape index (κ2) is 7.78. The molecule has 3 rings (SSSR count). The van der Waals surface area contributed by atoms with Crippen molar-refractivity contribution < 1.29 is 23.1 Å². The van der Waals surface area contributed by atoms with Crippen molar-refractivity contribution in [1.82, 2.24) is 0 Å². The number of rotatable bonds is 4. The van der Waals surface area contributed by atoms with Crippen LogP contribution in [0.4, 0.5) is 8.78 Å². The van der Waals surface area contributed by atoms with Crippen molar-refractivity contribution in [2.75, 3.05) is 0 Å². The summed E-state index contributed by atoms with van der Waals surface area (Å²) in [5, 5.41) is 0. The molecule has 2 unspecified atom stereocenters. The van der Waals surface area contributed by atoms with E-state index >= 15 is 0 Å². The van der Waals surface area contributed by atoms with Crippen LogP contribution in [0.5, 0.6) is 0 Å². The molecule has 0 aliphatic carbocycles. The Balaban J connectivity index is 1.85. The Bertz CT molecular complexity index is 906. The van der Waals surface area contributed by atoms with Crippen LogP contribution in [0, 0.1) is 24.5 Å². The summed E-state index contributed by atoms with van der Waals surface area (Å²) in [4.78, 5) is 28.4. The minimum Gasteiger partial charge on any atom is -0.460 e. The maximum absolute atomic E-state index is 14.3. The standard InChI is InChI=1S/C21H19F2NO3/c1-12-6-8-14(9-7-12)11-27-21(26)19-13(2)24-18(25)10-16(19)15-4-3-5-17(22)20(15)23/h3-9,16,19H,10-11H2,1-2H3. The summed E-state index contributed by atoms with van der Waals surface area (Å²) >= 11 is 0. The highest BCUT2D eigenvalue weighted by molar-refractivity contribution is 6.08. The van der Waals surface area contributed by atoms with Gasteiger partial charge in [0.15, 0.2) is 11.6 Å². The van der Waals surface area contributed by atoms with Crippen LogP contribution >= 0.6 is 0 Å². The Labute approximate surface area is 155 Å². The lowest BCUT2D eigenvalue weighted by atomic mass is 9.78. The average molecular weight is 371 g/mol. The molecule has 4 nitrogen and oxygen atoms in total. The van der Waals surface area contributed by atoms with Gasteiger partial charge in [0.1, 0.15) is 12.5 Å². The molecule has 0 spiro atoms. The molecule has 0 fully saturated rings. The normalized spacial score (nSPS) is 19.6. The summed E-state index contributed by atoms with van der Waals surface area (Å²) in [6.45, 7) is 3.53. The molecule has 0 saturated heterocycles. The number of ether oxygens (including phenoxy) is 1. The number of hydrogen-bond acceptors (Lipinski definition) is 3. The highest BCUT2D eigenvalue weighted by Crippen LogP contribution is 2.36. The zero-order valence-electron chi connectivity index (χ0n) is 15.0. The number of aryl methyl sites for hydroxylation is 1. The van der Waals surface area contributed by atoms with Crippen LogP contribution < -0.4 is 0 Å². The number of nitrogens with zero attached hydrogens (tertiary/aromatic N) is 1. The molecule has 0 saturated carbocycles. The van der Waals surface area contributed by atoms with Crippen molar-refractivity contribution in [3.05, 3.63) is 70.8 Å². The summed E-state index contributed by atoms with van der Waals surface area (Å²) < 4.78 is 33.3. The summed E-state index contributed by atoms with van der Waals surface area (Å²) in [6.07, 6.45) is -0.179. The number of halogens is 2. The predicted octanol–water partition coefficient (Wildman–Crippen LogP) is 4.11. The Morgan fingerprint density at radius 3 is 2.56 bits per heavy atom. The fourth-order valence-electron chi connectivity index (χ4n) is 3.27. The molecule has 2 atom stereocenters. The van der Waals surface area contributed by atoms with E-state index in [0.717, 1.165) is 17.2 Å². The topological polar surface area (TPSA) is 55.7 Å². The number of hydrogen-bond donors (Lipinski definition) is 0. The van der Waals surface area contributed by atoms with Crippen molar-refractivity contribution in [3.63, 3.8) is 0 Å². The van der Waals surface area contributed by atoms with E-state index in [1.807, 2.05) is 31.2 Å². The molecule has 27 heavy (non-hydrogen) atoms. The molecule has 6 heteroatoms. The minimum absolute atomic E-state index is 0.0186. The van der Waals surface area contributed by atoms with Crippen LogP contribution in [0.15, 0.2) is 47.5 Å². The first-order valence-corrected chi connectivity index (χ1v) is 8.61. The van der Waals surface area contributed by atoms with Crippen LogP contribution in [-0.2, 0) is 20.9 Å². The fraction of sp³-hybridized carbons (Fsp3) is 0.286. The van der Waals surface area contributed by atoms with E-state index in [2.05, 4.69) is 4.99 Å². The number of aliphatic imine (C=N–C) groups is 1. The number of esters is 1. The van der Waals surface area contributed by atoms with E-state index in [1.54, 1.807) is 0 Å². The molecule has 140 valence electrons. The van der Waals surface area contributed by atoms with E-state index in [4.69, 9.17) is 4.74 Å². The first-order chi connectivity index (χ1) is 12.9. The van der Waals surface area contributed by atoms with Gasteiger partial charge in [-0.15, -0.1) is 0 Å². The van der Waals surface area contributed by atoms with Gasteiger partial charge in [-0.05, 0) is 31.0 Å². The van der Waals surface area contributed by atoms with E-state index in [1.165, 1.54) is 19.1 Å². The van der Waals surface area contributed by atoms with Crippen molar-refractivity contribution >= 4 is 17.6 Å². The van der Waals surface area contributed by atoms with Crippen LogP contribution in [0.1, 0.15) is 36.0 Å². The molecule has 2 aromatic carbocycles. The van der Waals surface area contributed by atoms with Crippen LogP contribution in [0.3, 0.4) is 0 Å². The quantitative estimate of drug-likeness (QED) is 0.760. The number of benzene rings is 2. The van der Waals surface area contributed by atoms with Crippen molar-refractivity contribution in [1.29, 1.82) is 0 Å². The molecule has 0 N–H and O–H groups in total.